The van der Waals surface area contributed by atoms with Crippen molar-refractivity contribution in [2.75, 3.05) is 28.2 Å². The molecule has 1 atom stereocenters. The lowest BCUT2D eigenvalue weighted by Crippen LogP contribution is -2.48. The zero-order valence-electron chi connectivity index (χ0n) is 18.6. The number of benzene rings is 1. The number of carbonyl (C=O) groups excluding carboxylic acids is 1. The minimum absolute atomic E-state index is 0.118. The van der Waals surface area contributed by atoms with Crippen LogP contribution in [0.4, 0.5) is 34.6 Å². The van der Waals surface area contributed by atoms with Gasteiger partial charge in [0.1, 0.15) is 0 Å². The Morgan fingerprint density at radius 2 is 1.94 bits per heavy atom. The molecule has 2 amide bonds. The van der Waals surface area contributed by atoms with E-state index in [9.17, 15) is 18.0 Å². The van der Waals surface area contributed by atoms with E-state index in [1.165, 1.54) is 17.4 Å². The molecule has 5 heterocycles. The van der Waals surface area contributed by atoms with Crippen LogP contribution in [-0.4, -0.2) is 45.3 Å². The van der Waals surface area contributed by atoms with Gasteiger partial charge in [-0.05, 0) is 42.8 Å². The van der Waals surface area contributed by atoms with Crippen molar-refractivity contribution in [2.45, 2.75) is 18.6 Å². The first kappa shape index (κ1) is 22.4. The number of nitrogens with zero attached hydrogens (tertiary/aromatic N) is 6. The third-order valence-electron chi connectivity index (χ3n) is 6.20. The smallest absolute Gasteiger partial charge is 0.366 e. The Morgan fingerprint density at radius 1 is 1.08 bits per heavy atom. The van der Waals surface area contributed by atoms with Gasteiger partial charge in [-0.2, -0.15) is 13.2 Å². The highest BCUT2D eigenvalue weighted by molar-refractivity contribution is 7.18. The Labute approximate surface area is 207 Å². The average molecular weight is 510 g/mol. The summed E-state index contributed by atoms with van der Waals surface area (Å²) in [6.45, 7) is 1.41. The summed E-state index contributed by atoms with van der Waals surface area (Å²) in [4.78, 5) is 25.9. The highest BCUT2D eigenvalue weighted by Crippen LogP contribution is 2.41. The molecule has 36 heavy (non-hydrogen) atoms. The second-order valence-electron chi connectivity index (χ2n) is 8.46. The van der Waals surface area contributed by atoms with Crippen molar-refractivity contribution in [1.29, 1.82) is 0 Å². The summed E-state index contributed by atoms with van der Waals surface area (Å²) in [5, 5.41) is 12.0. The molecule has 2 aliphatic heterocycles. The molecule has 0 spiro atoms. The fourth-order valence-corrected chi connectivity index (χ4v) is 5.24. The quantitative estimate of drug-likeness (QED) is 0.403. The van der Waals surface area contributed by atoms with Crippen molar-refractivity contribution >= 4 is 34.0 Å². The van der Waals surface area contributed by atoms with E-state index in [-0.39, 0.29) is 6.04 Å². The number of hydrogen-bond acceptors (Lipinski definition) is 7. The number of amides is 2. The lowest BCUT2D eigenvalue weighted by Gasteiger charge is -2.35. The fourth-order valence-electron chi connectivity index (χ4n) is 4.52. The molecule has 3 aromatic heterocycles. The highest BCUT2D eigenvalue weighted by atomic mass is 32.1. The van der Waals surface area contributed by atoms with Crippen molar-refractivity contribution in [3.05, 3.63) is 66.5 Å². The van der Waals surface area contributed by atoms with Crippen LogP contribution in [0.25, 0.3) is 21.8 Å². The molecule has 0 unspecified atom stereocenters. The van der Waals surface area contributed by atoms with Gasteiger partial charge in [-0.15, -0.1) is 10.2 Å². The zero-order valence-corrected chi connectivity index (χ0v) is 19.4. The third kappa shape index (κ3) is 4.02. The van der Waals surface area contributed by atoms with Crippen molar-refractivity contribution in [3.8, 4) is 21.8 Å². The highest BCUT2D eigenvalue weighted by Gasteiger charge is 2.40. The van der Waals surface area contributed by atoms with Gasteiger partial charge in [-0.25, -0.2) is 9.78 Å². The number of urea groups is 1. The molecule has 6 rings (SSSR count). The second-order valence-corrected chi connectivity index (χ2v) is 9.44. The topological polar surface area (TPSA) is 87.1 Å². The van der Waals surface area contributed by atoms with E-state index in [0.29, 0.717) is 33.8 Å². The predicted octanol–water partition coefficient (Wildman–Crippen LogP) is 5.31. The van der Waals surface area contributed by atoms with Gasteiger partial charge in [0, 0.05) is 36.6 Å². The van der Waals surface area contributed by atoms with Gasteiger partial charge in [0.25, 0.3) is 0 Å². The van der Waals surface area contributed by atoms with Crippen molar-refractivity contribution in [2.24, 2.45) is 0 Å². The molecule has 4 aromatic rings. The van der Waals surface area contributed by atoms with Crippen LogP contribution >= 0.6 is 11.3 Å². The molecule has 2 aliphatic rings. The summed E-state index contributed by atoms with van der Waals surface area (Å²) in [5.41, 5.74) is 1.49. The Bertz CT molecular complexity index is 1440. The van der Waals surface area contributed by atoms with Crippen LogP contribution in [0.5, 0.6) is 0 Å². The van der Waals surface area contributed by atoms with E-state index < -0.39 is 17.8 Å². The molecule has 2 bridgehead atoms. The molecule has 0 radical (unpaired) electrons. The number of nitrogens with one attached hydrogen (secondary N) is 1. The summed E-state index contributed by atoms with van der Waals surface area (Å²) in [6, 6.07) is 11.6. The van der Waals surface area contributed by atoms with Gasteiger partial charge in [0.15, 0.2) is 10.8 Å². The number of rotatable bonds is 3. The summed E-state index contributed by atoms with van der Waals surface area (Å²) in [6.07, 6.45) is -0.386. The average Bonchev–Trinajstić information content (AvgIpc) is 3.52. The molecule has 1 saturated heterocycles. The zero-order chi connectivity index (χ0) is 24.9. The number of halogens is 3. The molecular formula is C24H18F3N7OS. The van der Waals surface area contributed by atoms with E-state index in [1.54, 1.807) is 35.5 Å². The van der Waals surface area contributed by atoms with Gasteiger partial charge in [-0.1, -0.05) is 23.5 Å². The fraction of sp³-hybridized carbons (Fsp3) is 0.208. The minimum atomic E-state index is -4.46. The van der Waals surface area contributed by atoms with Gasteiger partial charge in [0.2, 0.25) is 5.13 Å². The number of alkyl halides is 3. The van der Waals surface area contributed by atoms with Gasteiger partial charge in [0.05, 0.1) is 23.0 Å². The summed E-state index contributed by atoms with van der Waals surface area (Å²) in [7, 11) is 0. The summed E-state index contributed by atoms with van der Waals surface area (Å²) in [5.74, 6) is 0.410. The van der Waals surface area contributed by atoms with Crippen LogP contribution in [0.2, 0.25) is 0 Å². The van der Waals surface area contributed by atoms with Gasteiger partial charge < -0.3 is 4.90 Å². The second kappa shape index (κ2) is 8.55. The lowest BCUT2D eigenvalue weighted by molar-refractivity contribution is -0.137. The number of hydrogen-bond donors (Lipinski definition) is 1. The minimum Gasteiger partial charge on any atom is -0.366 e. The molecule has 1 aromatic carbocycles. The normalized spacial score (nSPS) is 16.7. The standard InChI is InChI=1S/C24H18F3N7OS/c25-24(26,27)16-5-1-3-14(11-16)18-6-7-19-20(29-18)34(17-8-10-33(19)13-17)23(35)30-22-32-31-21(36-22)15-4-2-9-28-12-15/h1-7,9,11-12,17H,8,10,13H2,(H,30,32,35)/t17-/m0/s1. The van der Waals surface area contributed by atoms with E-state index in [2.05, 4.69) is 30.4 Å². The largest absolute Gasteiger partial charge is 0.416 e. The van der Waals surface area contributed by atoms with E-state index in [1.807, 2.05) is 12.1 Å². The van der Waals surface area contributed by atoms with Crippen molar-refractivity contribution < 1.29 is 18.0 Å². The first-order valence-electron chi connectivity index (χ1n) is 11.1. The van der Waals surface area contributed by atoms with E-state index in [0.717, 1.165) is 36.3 Å². The lowest BCUT2D eigenvalue weighted by atomic mass is 10.1. The summed E-state index contributed by atoms with van der Waals surface area (Å²) >= 11 is 1.22. The summed E-state index contributed by atoms with van der Waals surface area (Å²) < 4.78 is 39.8. The predicted molar refractivity (Wildman–Crippen MR) is 130 cm³/mol. The number of pyridine rings is 2. The Morgan fingerprint density at radius 3 is 2.75 bits per heavy atom. The van der Waals surface area contributed by atoms with E-state index >= 15 is 0 Å². The SMILES string of the molecule is O=C(Nc1nnc(-c2cccnc2)s1)N1c2nc(-c3cccc(C(F)(F)F)c3)ccc2N2CC[C@H]1C2. The monoisotopic (exact) mass is 509 g/mol. The molecule has 1 fully saturated rings. The Hall–Kier alpha value is -4.06. The Kier molecular flexibility index (Phi) is 5.32. The third-order valence-corrected chi connectivity index (χ3v) is 7.09. The van der Waals surface area contributed by atoms with Crippen LogP contribution in [0.3, 0.4) is 0 Å². The number of carbonyl (C=O) groups is 1. The molecule has 182 valence electrons. The molecular weight excluding hydrogens is 491 g/mol. The van der Waals surface area contributed by atoms with E-state index in [4.69, 9.17) is 0 Å². The molecule has 0 aliphatic carbocycles. The van der Waals surface area contributed by atoms with Crippen LogP contribution in [0, 0.1) is 0 Å². The van der Waals surface area contributed by atoms with Gasteiger partial charge >= 0.3 is 12.2 Å². The number of fused-ring (bicyclic) bond motifs is 4. The first-order chi connectivity index (χ1) is 17.4. The maximum absolute atomic E-state index is 13.4. The van der Waals surface area contributed by atoms with Crippen molar-refractivity contribution in [3.63, 3.8) is 0 Å². The molecule has 8 nitrogen and oxygen atoms in total. The van der Waals surface area contributed by atoms with Crippen LogP contribution < -0.4 is 15.1 Å². The molecule has 1 N–H and O–H groups in total. The number of aromatic nitrogens is 4. The maximum Gasteiger partial charge on any atom is 0.416 e. The van der Waals surface area contributed by atoms with Crippen LogP contribution in [-0.2, 0) is 6.18 Å². The van der Waals surface area contributed by atoms with Crippen LogP contribution in [0.15, 0.2) is 60.9 Å². The Balaban J connectivity index is 1.32. The maximum atomic E-state index is 13.4. The molecule has 12 heteroatoms. The van der Waals surface area contributed by atoms with Crippen LogP contribution in [0.1, 0.15) is 12.0 Å². The molecule has 0 saturated carbocycles. The number of anilines is 3. The van der Waals surface area contributed by atoms with Crippen molar-refractivity contribution in [1.82, 2.24) is 20.2 Å². The first-order valence-corrected chi connectivity index (χ1v) is 12.0. The van der Waals surface area contributed by atoms with Gasteiger partial charge in [-0.3, -0.25) is 15.2 Å².